The molecule has 1 aromatic carbocycles. The number of carbonyl (C=O) groups excluding carboxylic acids is 2. The van der Waals surface area contributed by atoms with Crippen LogP contribution in [0.1, 0.15) is 23.7 Å². The third-order valence-electron chi connectivity index (χ3n) is 2.06. The lowest BCUT2D eigenvalue weighted by atomic mass is 10.2. The van der Waals surface area contributed by atoms with Gasteiger partial charge in [0.15, 0.2) is 0 Å². The molecule has 5 heteroatoms. The molecule has 2 amide bonds. The Morgan fingerprint density at radius 1 is 1.41 bits per heavy atom. The highest BCUT2D eigenvalue weighted by molar-refractivity contribution is 5.97. The molecule has 0 saturated carbocycles. The predicted octanol–water partition coefficient (Wildman–Crippen LogP) is 1.29. The topological polar surface area (TPSA) is 82.0 Å². The van der Waals surface area contributed by atoms with E-state index in [4.69, 9.17) is 5.26 Å². The highest BCUT2D eigenvalue weighted by atomic mass is 16.2. The van der Waals surface area contributed by atoms with Crippen molar-refractivity contribution < 1.29 is 9.59 Å². The predicted molar refractivity (Wildman–Crippen MR) is 63.3 cm³/mol. The number of benzene rings is 1. The summed E-state index contributed by atoms with van der Waals surface area (Å²) in [6.07, 6.45) is 0.380. The van der Waals surface area contributed by atoms with Gasteiger partial charge >= 0.3 is 0 Å². The van der Waals surface area contributed by atoms with Crippen molar-refractivity contribution in [3.63, 3.8) is 0 Å². The van der Waals surface area contributed by atoms with Crippen molar-refractivity contribution >= 4 is 17.5 Å². The summed E-state index contributed by atoms with van der Waals surface area (Å²) in [5.41, 5.74) is 0.982. The van der Waals surface area contributed by atoms with Crippen molar-refractivity contribution in [3.05, 3.63) is 29.8 Å². The Balaban J connectivity index is 2.75. The first kappa shape index (κ1) is 12.7. The molecule has 1 rings (SSSR count). The van der Waals surface area contributed by atoms with E-state index in [2.05, 4.69) is 10.6 Å². The van der Waals surface area contributed by atoms with E-state index in [1.165, 1.54) is 0 Å². The SMILES string of the molecule is CCC(=O)Nc1cccc(C(=O)NCC#N)c1. The molecule has 2 N–H and O–H groups in total. The summed E-state index contributed by atoms with van der Waals surface area (Å²) in [5, 5.41) is 13.4. The Kier molecular flexibility index (Phi) is 4.70. The fraction of sp³-hybridized carbons (Fsp3) is 0.250. The molecule has 0 heterocycles. The number of hydrogen-bond donors (Lipinski definition) is 2. The van der Waals surface area contributed by atoms with E-state index in [-0.39, 0.29) is 18.4 Å². The van der Waals surface area contributed by atoms with Gasteiger partial charge in [-0.25, -0.2) is 0 Å². The molecule has 0 radical (unpaired) electrons. The molecule has 0 unspecified atom stereocenters. The lowest BCUT2D eigenvalue weighted by Gasteiger charge is -2.06. The maximum Gasteiger partial charge on any atom is 0.252 e. The van der Waals surface area contributed by atoms with Crippen LogP contribution in [-0.2, 0) is 4.79 Å². The molecule has 5 nitrogen and oxygen atoms in total. The zero-order valence-electron chi connectivity index (χ0n) is 9.49. The fourth-order valence-corrected chi connectivity index (χ4v) is 1.21. The third kappa shape index (κ3) is 3.95. The van der Waals surface area contributed by atoms with E-state index in [0.717, 1.165) is 0 Å². The van der Waals surface area contributed by atoms with E-state index in [0.29, 0.717) is 17.7 Å². The van der Waals surface area contributed by atoms with Crippen molar-refractivity contribution in [1.82, 2.24) is 5.32 Å². The molecule has 0 aromatic heterocycles. The maximum absolute atomic E-state index is 11.5. The van der Waals surface area contributed by atoms with Gasteiger partial charge in [0.25, 0.3) is 5.91 Å². The Morgan fingerprint density at radius 3 is 2.82 bits per heavy atom. The van der Waals surface area contributed by atoms with Gasteiger partial charge < -0.3 is 10.6 Å². The second kappa shape index (κ2) is 6.28. The summed E-state index contributed by atoms with van der Waals surface area (Å²) >= 11 is 0. The average molecular weight is 231 g/mol. The summed E-state index contributed by atoms with van der Waals surface area (Å²) < 4.78 is 0. The lowest BCUT2D eigenvalue weighted by molar-refractivity contribution is -0.115. The second-order valence-corrected chi connectivity index (χ2v) is 3.32. The fourth-order valence-electron chi connectivity index (χ4n) is 1.21. The monoisotopic (exact) mass is 231 g/mol. The Hall–Kier alpha value is -2.35. The minimum Gasteiger partial charge on any atom is -0.339 e. The van der Waals surface area contributed by atoms with Crippen LogP contribution in [0.3, 0.4) is 0 Å². The Bertz CT molecular complexity index is 463. The first-order valence-corrected chi connectivity index (χ1v) is 5.22. The maximum atomic E-state index is 11.5. The van der Waals surface area contributed by atoms with Gasteiger partial charge in [-0.15, -0.1) is 0 Å². The minimum absolute atomic E-state index is 0.0373. The number of nitrogens with one attached hydrogen (secondary N) is 2. The first-order valence-electron chi connectivity index (χ1n) is 5.22. The highest BCUT2D eigenvalue weighted by Crippen LogP contribution is 2.10. The highest BCUT2D eigenvalue weighted by Gasteiger charge is 2.06. The molecule has 0 atom stereocenters. The number of nitriles is 1. The van der Waals surface area contributed by atoms with Crippen LogP contribution >= 0.6 is 0 Å². The number of rotatable bonds is 4. The van der Waals surface area contributed by atoms with Gasteiger partial charge in [0.2, 0.25) is 5.91 Å². The Labute approximate surface area is 99.4 Å². The second-order valence-electron chi connectivity index (χ2n) is 3.32. The molecule has 1 aromatic rings. The molecule has 0 saturated heterocycles. The zero-order chi connectivity index (χ0) is 12.7. The van der Waals surface area contributed by atoms with Crippen molar-refractivity contribution in [2.75, 3.05) is 11.9 Å². The van der Waals surface area contributed by atoms with Crippen LogP contribution in [-0.4, -0.2) is 18.4 Å². The van der Waals surface area contributed by atoms with Gasteiger partial charge in [0.05, 0.1) is 6.07 Å². The summed E-state index contributed by atoms with van der Waals surface area (Å²) in [6.45, 7) is 1.71. The molecule has 0 bridgehead atoms. The van der Waals surface area contributed by atoms with E-state index in [1.807, 2.05) is 6.07 Å². The van der Waals surface area contributed by atoms with Gasteiger partial charge in [0.1, 0.15) is 6.54 Å². The van der Waals surface area contributed by atoms with E-state index in [1.54, 1.807) is 31.2 Å². The Morgan fingerprint density at radius 2 is 2.18 bits per heavy atom. The molecule has 0 spiro atoms. The van der Waals surface area contributed by atoms with Gasteiger partial charge in [-0.1, -0.05) is 13.0 Å². The van der Waals surface area contributed by atoms with Crippen LogP contribution in [0.2, 0.25) is 0 Å². The molecule has 0 aliphatic carbocycles. The van der Waals surface area contributed by atoms with Crippen LogP contribution in [0.4, 0.5) is 5.69 Å². The van der Waals surface area contributed by atoms with Crippen LogP contribution < -0.4 is 10.6 Å². The molecule has 17 heavy (non-hydrogen) atoms. The number of amides is 2. The summed E-state index contributed by atoms with van der Waals surface area (Å²) in [6, 6.07) is 8.39. The van der Waals surface area contributed by atoms with Gasteiger partial charge in [0, 0.05) is 17.7 Å². The number of nitrogens with zero attached hydrogens (tertiary/aromatic N) is 1. The van der Waals surface area contributed by atoms with Crippen molar-refractivity contribution in [1.29, 1.82) is 5.26 Å². The van der Waals surface area contributed by atoms with Gasteiger partial charge in [-0.2, -0.15) is 5.26 Å². The largest absolute Gasteiger partial charge is 0.339 e. The van der Waals surface area contributed by atoms with Crippen molar-refractivity contribution in [2.45, 2.75) is 13.3 Å². The van der Waals surface area contributed by atoms with Crippen molar-refractivity contribution in [3.8, 4) is 6.07 Å². The van der Waals surface area contributed by atoms with Crippen LogP contribution in [0.25, 0.3) is 0 Å². The summed E-state index contributed by atoms with van der Waals surface area (Å²) in [7, 11) is 0. The smallest absolute Gasteiger partial charge is 0.252 e. The molecular formula is C12H13N3O2. The number of hydrogen-bond acceptors (Lipinski definition) is 3. The molecule has 0 fully saturated rings. The molecule has 0 aliphatic heterocycles. The van der Waals surface area contributed by atoms with Gasteiger partial charge in [-0.05, 0) is 18.2 Å². The summed E-state index contributed by atoms with van der Waals surface area (Å²) in [5.74, 6) is -0.446. The number of anilines is 1. The lowest BCUT2D eigenvalue weighted by Crippen LogP contribution is -2.23. The normalized spacial score (nSPS) is 9.18. The standard InChI is InChI=1S/C12H13N3O2/c1-2-11(16)15-10-5-3-4-9(8-10)12(17)14-7-6-13/h3-5,8H,2,7H2,1H3,(H,14,17)(H,15,16). The van der Waals surface area contributed by atoms with Crippen molar-refractivity contribution in [2.24, 2.45) is 0 Å². The van der Waals surface area contributed by atoms with E-state index >= 15 is 0 Å². The van der Waals surface area contributed by atoms with Crippen LogP contribution in [0, 0.1) is 11.3 Å². The number of carbonyl (C=O) groups is 2. The van der Waals surface area contributed by atoms with E-state index < -0.39 is 0 Å². The average Bonchev–Trinajstić information content (AvgIpc) is 2.36. The molecule has 88 valence electrons. The molecule has 0 aliphatic rings. The summed E-state index contributed by atoms with van der Waals surface area (Å²) in [4.78, 5) is 22.7. The third-order valence-corrected chi connectivity index (χ3v) is 2.06. The van der Waals surface area contributed by atoms with Crippen LogP contribution in [0.15, 0.2) is 24.3 Å². The van der Waals surface area contributed by atoms with E-state index in [9.17, 15) is 9.59 Å². The van der Waals surface area contributed by atoms with Gasteiger partial charge in [-0.3, -0.25) is 9.59 Å². The minimum atomic E-state index is -0.334. The zero-order valence-corrected chi connectivity index (χ0v) is 9.49. The first-order chi connectivity index (χ1) is 8.17. The van der Waals surface area contributed by atoms with Crippen LogP contribution in [0.5, 0.6) is 0 Å². The quantitative estimate of drug-likeness (QED) is 0.766. The molecular weight excluding hydrogens is 218 g/mol.